The van der Waals surface area contributed by atoms with Gasteiger partial charge in [0.15, 0.2) is 6.29 Å². The van der Waals surface area contributed by atoms with Crippen molar-refractivity contribution in [3.63, 3.8) is 0 Å². The minimum Gasteiger partial charge on any atom is -0.348 e. The van der Waals surface area contributed by atoms with Crippen LogP contribution in [-0.2, 0) is 9.47 Å². The molecule has 0 spiro atoms. The van der Waals surface area contributed by atoms with Gasteiger partial charge in [0.25, 0.3) is 0 Å². The van der Waals surface area contributed by atoms with Crippen molar-refractivity contribution in [1.29, 1.82) is 0 Å². The fraction of sp³-hybridized carbons (Fsp3) is 1.00. The third kappa shape index (κ3) is 1.24. The Kier molecular flexibility index (Phi) is 1.93. The van der Waals surface area contributed by atoms with Gasteiger partial charge in [-0.05, 0) is 0 Å². The van der Waals surface area contributed by atoms with Gasteiger partial charge in [-0.1, -0.05) is 5.18 Å². The average Bonchev–Trinajstić information content (AvgIpc) is 2.19. The van der Waals surface area contributed by atoms with Crippen molar-refractivity contribution in [3.8, 4) is 0 Å². The molecule has 0 radical (unpaired) electrons. The summed E-state index contributed by atoms with van der Waals surface area (Å²) in [6.45, 7) is 1.28. The fourth-order valence-corrected chi connectivity index (χ4v) is 0.573. The largest absolute Gasteiger partial charge is 0.348 e. The number of hydrogen-bond acceptors (Lipinski definition) is 4. The zero-order chi connectivity index (χ0) is 5.82. The Labute approximate surface area is 46.8 Å². The van der Waals surface area contributed by atoms with E-state index < -0.39 is 0 Å². The van der Waals surface area contributed by atoms with E-state index in [1.165, 1.54) is 0 Å². The monoisotopic (exact) mass is 117 g/mol. The summed E-state index contributed by atoms with van der Waals surface area (Å²) in [5.41, 5.74) is 0. The van der Waals surface area contributed by atoms with E-state index in [1.807, 2.05) is 0 Å². The molecule has 0 unspecified atom stereocenters. The second kappa shape index (κ2) is 2.74. The SMILES string of the molecule is O=NCC1OCCO1. The maximum atomic E-state index is 9.55. The van der Waals surface area contributed by atoms with Crippen molar-refractivity contribution in [3.05, 3.63) is 4.91 Å². The summed E-state index contributed by atoms with van der Waals surface area (Å²) >= 11 is 0. The van der Waals surface area contributed by atoms with Crippen LogP contribution in [0.15, 0.2) is 5.18 Å². The predicted molar refractivity (Wildman–Crippen MR) is 26.4 cm³/mol. The van der Waals surface area contributed by atoms with Crippen molar-refractivity contribution >= 4 is 0 Å². The molecule has 0 aliphatic carbocycles. The van der Waals surface area contributed by atoms with Gasteiger partial charge in [-0.3, -0.25) is 0 Å². The number of nitroso groups, excluding NO2 is 1. The van der Waals surface area contributed by atoms with E-state index in [-0.39, 0.29) is 12.8 Å². The van der Waals surface area contributed by atoms with E-state index in [0.717, 1.165) is 0 Å². The minimum absolute atomic E-state index is 0.111. The molecule has 0 bridgehead atoms. The van der Waals surface area contributed by atoms with Crippen LogP contribution in [0.1, 0.15) is 0 Å². The molecule has 4 nitrogen and oxygen atoms in total. The quantitative estimate of drug-likeness (QED) is 0.483. The van der Waals surface area contributed by atoms with E-state index in [2.05, 4.69) is 5.18 Å². The summed E-state index contributed by atoms with van der Waals surface area (Å²) in [6.07, 6.45) is -0.368. The van der Waals surface area contributed by atoms with Crippen molar-refractivity contribution in [2.45, 2.75) is 6.29 Å². The first-order chi connectivity index (χ1) is 3.93. The standard InChI is InChI=1S/C4H7NO3/c6-5-3-4-7-1-2-8-4/h4H,1-3H2. The Balaban J connectivity index is 2.14. The zero-order valence-corrected chi connectivity index (χ0v) is 4.37. The summed E-state index contributed by atoms with van der Waals surface area (Å²) in [7, 11) is 0. The molecule has 0 amide bonds. The normalized spacial score (nSPS) is 21.5. The summed E-state index contributed by atoms with van der Waals surface area (Å²) in [5.74, 6) is 0. The van der Waals surface area contributed by atoms with Crippen LogP contribution in [0, 0.1) is 4.91 Å². The molecular weight excluding hydrogens is 110 g/mol. The first kappa shape index (κ1) is 5.65. The Morgan fingerprint density at radius 3 is 2.62 bits per heavy atom. The van der Waals surface area contributed by atoms with Crippen LogP contribution in [0.3, 0.4) is 0 Å². The van der Waals surface area contributed by atoms with Crippen LogP contribution in [0.25, 0.3) is 0 Å². The van der Waals surface area contributed by atoms with Crippen LogP contribution in [-0.4, -0.2) is 26.0 Å². The molecule has 0 atom stereocenters. The highest BCUT2D eigenvalue weighted by Crippen LogP contribution is 2.02. The molecule has 8 heavy (non-hydrogen) atoms. The number of ether oxygens (including phenoxy) is 2. The molecule has 0 aromatic carbocycles. The lowest BCUT2D eigenvalue weighted by molar-refractivity contribution is -0.0328. The minimum atomic E-state index is -0.368. The lowest BCUT2D eigenvalue weighted by Crippen LogP contribution is -2.10. The molecule has 1 aliphatic heterocycles. The van der Waals surface area contributed by atoms with Crippen LogP contribution >= 0.6 is 0 Å². The maximum absolute atomic E-state index is 9.55. The number of rotatable bonds is 2. The van der Waals surface area contributed by atoms with Crippen LogP contribution < -0.4 is 0 Å². The third-order valence-corrected chi connectivity index (χ3v) is 0.914. The summed E-state index contributed by atoms with van der Waals surface area (Å²) < 4.78 is 9.75. The van der Waals surface area contributed by atoms with Crippen LogP contribution in [0.5, 0.6) is 0 Å². The lowest BCUT2D eigenvalue weighted by atomic mass is 10.7. The van der Waals surface area contributed by atoms with Gasteiger partial charge in [-0.15, -0.1) is 0 Å². The van der Waals surface area contributed by atoms with E-state index in [0.29, 0.717) is 13.2 Å². The summed E-state index contributed by atoms with van der Waals surface area (Å²) in [4.78, 5) is 9.55. The van der Waals surface area contributed by atoms with Gasteiger partial charge in [-0.2, -0.15) is 4.91 Å². The van der Waals surface area contributed by atoms with E-state index in [4.69, 9.17) is 9.47 Å². The Morgan fingerprint density at radius 2 is 2.12 bits per heavy atom. The topological polar surface area (TPSA) is 47.9 Å². The van der Waals surface area contributed by atoms with Crippen molar-refractivity contribution in [2.75, 3.05) is 19.8 Å². The first-order valence-corrected chi connectivity index (χ1v) is 2.46. The van der Waals surface area contributed by atoms with Gasteiger partial charge in [0.1, 0.15) is 6.54 Å². The van der Waals surface area contributed by atoms with Gasteiger partial charge >= 0.3 is 0 Å². The molecule has 0 aromatic heterocycles. The second-order valence-electron chi connectivity index (χ2n) is 1.48. The van der Waals surface area contributed by atoms with Crippen molar-refractivity contribution < 1.29 is 9.47 Å². The predicted octanol–water partition coefficient (Wildman–Crippen LogP) is 0.126. The van der Waals surface area contributed by atoms with Crippen molar-refractivity contribution in [1.82, 2.24) is 0 Å². The molecule has 4 heteroatoms. The van der Waals surface area contributed by atoms with Gasteiger partial charge in [-0.25, -0.2) is 0 Å². The Bertz CT molecular complexity index is 79.4. The molecule has 1 fully saturated rings. The third-order valence-electron chi connectivity index (χ3n) is 0.914. The maximum Gasteiger partial charge on any atom is 0.180 e. The number of hydrogen-bond donors (Lipinski definition) is 0. The molecular formula is C4H7NO3. The lowest BCUT2D eigenvalue weighted by Gasteiger charge is -1.99. The van der Waals surface area contributed by atoms with Crippen LogP contribution in [0.4, 0.5) is 0 Å². The van der Waals surface area contributed by atoms with Crippen molar-refractivity contribution in [2.24, 2.45) is 5.18 Å². The highest BCUT2D eigenvalue weighted by atomic mass is 16.7. The molecule has 1 heterocycles. The van der Waals surface area contributed by atoms with Gasteiger partial charge < -0.3 is 9.47 Å². The molecule has 0 N–H and O–H groups in total. The Morgan fingerprint density at radius 1 is 1.50 bits per heavy atom. The second-order valence-corrected chi connectivity index (χ2v) is 1.48. The highest BCUT2D eigenvalue weighted by molar-refractivity contribution is 4.53. The number of nitrogens with zero attached hydrogens (tertiary/aromatic N) is 1. The fourth-order valence-electron chi connectivity index (χ4n) is 0.573. The van der Waals surface area contributed by atoms with E-state index >= 15 is 0 Å². The smallest absolute Gasteiger partial charge is 0.180 e. The molecule has 1 aliphatic rings. The zero-order valence-electron chi connectivity index (χ0n) is 4.37. The molecule has 1 rings (SSSR count). The van der Waals surface area contributed by atoms with Gasteiger partial charge in [0.2, 0.25) is 0 Å². The average molecular weight is 117 g/mol. The summed E-state index contributed by atoms with van der Waals surface area (Å²) in [6, 6.07) is 0. The van der Waals surface area contributed by atoms with Gasteiger partial charge in [0, 0.05) is 0 Å². The van der Waals surface area contributed by atoms with E-state index in [1.54, 1.807) is 0 Å². The molecule has 1 saturated heterocycles. The van der Waals surface area contributed by atoms with Crippen LogP contribution in [0.2, 0.25) is 0 Å². The van der Waals surface area contributed by atoms with Gasteiger partial charge in [0.05, 0.1) is 13.2 Å². The first-order valence-electron chi connectivity index (χ1n) is 2.46. The molecule has 0 saturated carbocycles. The molecule has 46 valence electrons. The molecule has 0 aromatic rings. The summed E-state index contributed by atoms with van der Waals surface area (Å²) in [5, 5.41) is 2.62. The Hall–Kier alpha value is -0.480. The van der Waals surface area contributed by atoms with E-state index in [9.17, 15) is 4.91 Å². The highest BCUT2D eigenvalue weighted by Gasteiger charge is 2.14.